The van der Waals surface area contributed by atoms with Crippen molar-refractivity contribution in [3.63, 3.8) is 0 Å². The Morgan fingerprint density at radius 1 is 1.75 bits per heavy atom. The second kappa shape index (κ2) is 2.31. The van der Waals surface area contributed by atoms with Gasteiger partial charge < -0.3 is 15.4 Å². The number of rotatable bonds is 1. The zero-order valence-electron chi connectivity index (χ0n) is 7.07. The van der Waals surface area contributed by atoms with Gasteiger partial charge in [-0.25, -0.2) is 4.98 Å². The molecular weight excluding hydrogens is 154 g/mol. The lowest BCUT2D eigenvalue weighted by Gasteiger charge is -2.41. The minimum atomic E-state index is -0.718. The molecule has 1 aliphatic rings. The van der Waals surface area contributed by atoms with Gasteiger partial charge in [0.2, 0.25) is 0 Å². The Labute approximate surface area is 71.0 Å². The maximum Gasteiger partial charge on any atom is 0.109 e. The Balaban J connectivity index is 2.26. The van der Waals surface area contributed by atoms with Crippen LogP contribution in [-0.4, -0.2) is 20.7 Å². The molecule has 1 fully saturated rings. The van der Waals surface area contributed by atoms with E-state index in [1.165, 1.54) is 0 Å². The van der Waals surface area contributed by atoms with E-state index in [0.717, 1.165) is 5.69 Å². The zero-order valence-corrected chi connectivity index (χ0v) is 7.07. The third kappa shape index (κ3) is 0.956. The molecule has 3 N–H and O–H groups in total. The average Bonchev–Trinajstić information content (AvgIpc) is 2.32. The number of nitrogens with zero attached hydrogens (tertiary/aromatic N) is 2. The Hall–Kier alpha value is -0.870. The maximum atomic E-state index is 9.98. The lowest BCUT2D eigenvalue weighted by molar-refractivity contribution is -0.0580. The van der Waals surface area contributed by atoms with Crippen LogP contribution in [0.15, 0.2) is 12.5 Å². The second-order valence-corrected chi connectivity index (χ2v) is 3.59. The molecule has 0 atom stereocenters. The summed E-state index contributed by atoms with van der Waals surface area (Å²) in [5, 5.41) is 9.98. The molecule has 2 rings (SSSR count). The number of aliphatic hydroxyl groups is 1. The van der Waals surface area contributed by atoms with E-state index in [4.69, 9.17) is 5.73 Å². The van der Waals surface area contributed by atoms with Crippen molar-refractivity contribution in [2.45, 2.75) is 24.5 Å². The summed E-state index contributed by atoms with van der Waals surface area (Å²) in [5.74, 6) is 0. The van der Waals surface area contributed by atoms with Crippen LogP contribution in [0, 0.1) is 0 Å². The molecule has 0 spiro atoms. The van der Waals surface area contributed by atoms with Crippen molar-refractivity contribution < 1.29 is 5.11 Å². The number of nitrogens with two attached hydrogens (primary N) is 1. The van der Waals surface area contributed by atoms with E-state index in [1.54, 1.807) is 12.5 Å². The van der Waals surface area contributed by atoms with Crippen LogP contribution in [-0.2, 0) is 12.6 Å². The molecule has 4 nitrogen and oxygen atoms in total. The van der Waals surface area contributed by atoms with Crippen molar-refractivity contribution in [1.29, 1.82) is 0 Å². The molecule has 0 aromatic carbocycles. The maximum absolute atomic E-state index is 9.98. The van der Waals surface area contributed by atoms with Crippen molar-refractivity contribution in [2.75, 3.05) is 0 Å². The average molecular weight is 167 g/mol. The summed E-state index contributed by atoms with van der Waals surface area (Å²) in [6, 6.07) is 0.143. The third-order valence-corrected chi connectivity index (χ3v) is 2.49. The van der Waals surface area contributed by atoms with Crippen LogP contribution in [0.25, 0.3) is 0 Å². The summed E-state index contributed by atoms with van der Waals surface area (Å²) < 4.78 is 1.84. The zero-order chi connectivity index (χ0) is 8.77. The summed E-state index contributed by atoms with van der Waals surface area (Å²) in [4.78, 5) is 3.96. The fourth-order valence-corrected chi connectivity index (χ4v) is 1.82. The van der Waals surface area contributed by atoms with Gasteiger partial charge in [-0.05, 0) is 12.8 Å². The van der Waals surface area contributed by atoms with Gasteiger partial charge >= 0.3 is 0 Å². The molecule has 0 amide bonds. The van der Waals surface area contributed by atoms with Crippen LogP contribution < -0.4 is 5.73 Å². The smallest absolute Gasteiger partial charge is 0.109 e. The Morgan fingerprint density at radius 3 is 2.83 bits per heavy atom. The molecule has 0 radical (unpaired) electrons. The molecule has 0 bridgehead atoms. The molecule has 0 saturated heterocycles. The molecule has 66 valence electrons. The predicted octanol–water partition coefficient (Wildman–Crippen LogP) is -0.271. The van der Waals surface area contributed by atoms with Gasteiger partial charge in [-0.3, -0.25) is 0 Å². The molecule has 0 unspecified atom stereocenters. The van der Waals surface area contributed by atoms with Gasteiger partial charge in [-0.15, -0.1) is 0 Å². The highest BCUT2D eigenvalue weighted by atomic mass is 16.3. The Kier molecular flexibility index (Phi) is 1.49. The number of imidazole rings is 1. The van der Waals surface area contributed by atoms with Crippen molar-refractivity contribution in [2.24, 2.45) is 12.8 Å². The molecule has 1 saturated carbocycles. The van der Waals surface area contributed by atoms with Crippen molar-refractivity contribution in [1.82, 2.24) is 9.55 Å². The molecule has 1 aliphatic carbocycles. The summed E-state index contributed by atoms with van der Waals surface area (Å²) in [6.07, 6.45) is 4.68. The molecule has 4 heteroatoms. The first-order valence-electron chi connectivity index (χ1n) is 4.06. The van der Waals surface area contributed by atoms with Gasteiger partial charge in [-0.1, -0.05) is 0 Å². The summed E-state index contributed by atoms with van der Waals surface area (Å²) in [6.45, 7) is 0. The summed E-state index contributed by atoms with van der Waals surface area (Å²) in [5.41, 5.74) is 5.77. The highest BCUT2D eigenvalue weighted by Gasteiger charge is 2.43. The van der Waals surface area contributed by atoms with Crippen molar-refractivity contribution in [3.8, 4) is 0 Å². The van der Waals surface area contributed by atoms with E-state index in [0.29, 0.717) is 12.8 Å². The van der Waals surface area contributed by atoms with Crippen molar-refractivity contribution in [3.05, 3.63) is 18.2 Å². The quantitative estimate of drug-likeness (QED) is 0.605. The Morgan fingerprint density at radius 2 is 2.42 bits per heavy atom. The van der Waals surface area contributed by atoms with E-state index in [9.17, 15) is 5.11 Å². The third-order valence-electron chi connectivity index (χ3n) is 2.49. The first-order valence-corrected chi connectivity index (χ1v) is 4.06. The van der Waals surface area contributed by atoms with Crippen LogP contribution in [0.1, 0.15) is 18.5 Å². The largest absolute Gasteiger partial charge is 0.383 e. The minimum Gasteiger partial charge on any atom is -0.383 e. The lowest BCUT2D eigenvalue weighted by Crippen LogP contribution is -2.49. The molecule has 1 aromatic heterocycles. The second-order valence-electron chi connectivity index (χ2n) is 3.59. The molecule has 1 heterocycles. The highest BCUT2D eigenvalue weighted by molar-refractivity contribution is 5.16. The summed E-state index contributed by atoms with van der Waals surface area (Å²) in [7, 11) is 1.88. The van der Waals surface area contributed by atoms with Gasteiger partial charge in [0, 0.05) is 13.1 Å². The van der Waals surface area contributed by atoms with E-state index < -0.39 is 5.60 Å². The van der Waals surface area contributed by atoms with Crippen LogP contribution in [0.4, 0.5) is 0 Å². The topological polar surface area (TPSA) is 64.1 Å². The van der Waals surface area contributed by atoms with Gasteiger partial charge in [0.05, 0.1) is 18.2 Å². The van der Waals surface area contributed by atoms with Gasteiger partial charge in [0.25, 0.3) is 0 Å². The highest BCUT2D eigenvalue weighted by Crippen LogP contribution is 2.39. The van der Waals surface area contributed by atoms with E-state index in [2.05, 4.69) is 4.98 Å². The molecule has 12 heavy (non-hydrogen) atoms. The fourth-order valence-electron chi connectivity index (χ4n) is 1.82. The van der Waals surface area contributed by atoms with E-state index >= 15 is 0 Å². The standard InChI is InChI=1S/C8H13N3O/c1-11-5-10-4-7(11)8(12)2-6(9)3-8/h4-6,12H,2-3,9H2,1H3. The SMILES string of the molecule is Cn1cncc1C1(O)CC(N)C1. The fraction of sp³-hybridized carbons (Fsp3) is 0.625. The first-order chi connectivity index (χ1) is 5.62. The number of hydrogen-bond acceptors (Lipinski definition) is 3. The molecular formula is C8H13N3O. The molecule has 0 aliphatic heterocycles. The van der Waals surface area contributed by atoms with E-state index in [-0.39, 0.29) is 6.04 Å². The van der Waals surface area contributed by atoms with Gasteiger partial charge in [-0.2, -0.15) is 0 Å². The van der Waals surface area contributed by atoms with Crippen molar-refractivity contribution >= 4 is 0 Å². The summed E-state index contributed by atoms with van der Waals surface area (Å²) >= 11 is 0. The van der Waals surface area contributed by atoms with Gasteiger partial charge in [0.15, 0.2) is 0 Å². The van der Waals surface area contributed by atoms with E-state index in [1.807, 2.05) is 11.6 Å². The number of aryl methyl sites for hydroxylation is 1. The number of hydrogen-bond donors (Lipinski definition) is 2. The van der Waals surface area contributed by atoms with Gasteiger partial charge in [0.1, 0.15) is 5.60 Å². The Bertz CT molecular complexity index is 288. The van der Waals surface area contributed by atoms with Crippen LogP contribution in [0.3, 0.4) is 0 Å². The number of aromatic nitrogens is 2. The minimum absolute atomic E-state index is 0.143. The molecule has 1 aromatic rings. The van der Waals surface area contributed by atoms with Crippen LogP contribution in [0.5, 0.6) is 0 Å². The normalized spacial score (nSPS) is 34.8. The lowest BCUT2D eigenvalue weighted by atomic mass is 9.74. The predicted molar refractivity (Wildman–Crippen MR) is 44.3 cm³/mol. The van der Waals surface area contributed by atoms with Crippen LogP contribution >= 0.6 is 0 Å². The monoisotopic (exact) mass is 167 g/mol. The van der Waals surface area contributed by atoms with Crippen LogP contribution in [0.2, 0.25) is 0 Å². The first kappa shape index (κ1) is 7.76.